The third-order valence-corrected chi connectivity index (χ3v) is 3.55. The minimum atomic E-state index is 0.547. The average Bonchev–Trinajstić information content (AvgIpc) is 2.44. The molecular formula is C15H24N2O2. The Morgan fingerprint density at radius 2 is 2.00 bits per heavy atom. The molecule has 1 aromatic rings. The van der Waals surface area contributed by atoms with Crippen molar-refractivity contribution in [3.8, 4) is 5.75 Å². The molecule has 4 nitrogen and oxygen atoms in total. The summed E-state index contributed by atoms with van der Waals surface area (Å²) < 4.78 is 10.6. The number of methoxy groups -OCH3 is 1. The Kier molecular flexibility index (Phi) is 5.33. The van der Waals surface area contributed by atoms with Crippen molar-refractivity contribution in [1.82, 2.24) is 0 Å². The third kappa shape index (κ3) is 4.31. The Balaban J connectivity index is 1.95. The molecule has 4 heteroatoms. The second kappa shape index (κ2) is 7.24. The van der Waals surface area contributed by atoms with Crippen LogP contribution in [0.5, 0.6) is 5.75 Å². The maximum atomic E-state index is 6.02. The van der Waals surface area contributed by atoms with E-state index in [2.05, 4.69) is 5.32 Å². The van der Waals surface area contributed by atoms with Gasteiger partial charge in [-0.05, 0) is 25.0 Å². The normalized spacial score (nSPS) is 16.3. The molecule has 1 fully saturated rings. The van der Waals surface area contributed by atoms with E-state index in [1.807, 2.05) is 18.2 Å². The highest BCUT2D eigenvalue weighted by atomic mass is 16.5. The maximum absolute atomic E-state index is 6.02. The summed E-state index contributed by atoms with van der Waals surface area (Å²) in [5.74, 6) is 0.838. The number of nitrogen functional groups attached to an aromatic ring is 1. The van der Waals surface area contributed by atoms with E-state index in [0.29, 0.717) is 19.3 Å². The van der Waals surface area contributed by atoms with E-state index in [1.165, 1.54) is 32.1 Å². The number of hydrogen-bond acceptors (Lipinski definition) is 4. The second-order valence-electron chi connectivity index (χ2n) is 5.07. The Morgan fingerprint density at radius 1 is 1.21 bits per heavy atom. The van der Waals surface area contributed by atoms with Gasteiger partial charge >= 0.3 is 0 Å². The van der Waals surface area contributed by atoms with Crippen LogP contribution in [-0.4, -0.2) is 26.4 Å². The molecule has 0 heterocycles. The van der Waals surface area contributed by atoms with E-state index in [4.69, 9.17) is 15.2 Å². The molecule has 1 aromatic carbocycles. The van der Waals surface area contributed by atoms with E-state index in [-0.39, 0.29) is 0 Å². The van der Waals surface area contributed by atoms with Gasteiger partial charge in [-0.15, -0.1) is 0 Å². The molecule has 0 unspecified atom stereocenters. The van der Waals surface area contributed by atoms with Gasteiger partial charge in [-0.25, -0.2) is 0 Å². The molecule has 1 saturated carbocycles. The molecular weight excluding hydrogens is 240 g/mol. The maximum Gasteiger partial charge on any atom is 0.121 e. The van der Waals surface area contributed by atoms with E-state index < -0.39 is 0 Å². The van der Waals surface area contributed by atoms with Crippen LogP contribution in [0.1, 0.15) is 32.1 Å². The van der Waals surface area contributed by atoms with Gasteiger partial charge in [0.1, 0.15) is 12.4 Å². The van der Waals surface area contributed by atoms with Crippen molar-refractivity contribution < 1.29 is 9.47 Å². The van der Waals surface area contributed by atoms with Crippen LogP contribution in [0.4, 0.5) is 11.4 Å². The van der Waals surface area contributed by atoms with Gasteiger partial charge in [-0.3, -0.25) is 0 Å². The summed E-state index contributed by atoms with van der Waals surface area (Å²) in [6, 6.07) is 6.33. The summed E-state index contributed by atoms with van der Waals surface area (Å²) in [6.07, 6.45) is 6.43. The van der Waals surface area contributed by atoms with Gasteiger partial charge in [0.05, 0.1) is 18.0 Å². The van der Waals surface area contributed by atoms with E-state index in [1.54, 1.807) is 7.11 Å². The van der Waals surface area contributed by atoms with Crippen LogP contribution in [0.25, 0.3) is 0 Å². The lowest BCUT2D eigenvalue weighted by Gasteiger charge is -2.24. The molecule has 0 radical (unpaired) electrons. The minimum absolute atomic E-state index is 0.547. The van der Waals surface area contributed by atoms with Crippen LogP contribution in [0.3, 0.4) is 0 Å². The fraction of sp³-hybridized carbons (Fsp3) is 0.600. The summed E-state index contributed by atoms with van der Waals surface area (Å²) in [5, 5.41) is 3.54. The monoisotopic (exact) mass is 264 g/mol. The summed E-state index contributed by atoms with van der Waals surface area (Å²) in [7, 11) is 1.67. The average molecular weight is 264 g/mol. The highest BCUT2D eigenvalue weighted by Crippen LogP contribution is 2.28. The quantitative estimate of drug-likeness (QED) is 0.612. The molecule has 1 aliphatic carbocycles. The van der Waals surface area contributed by atoms with Crippen molar-refractivity contribution in [2.45, 2.75) is 38.1 Å². The van der Waals surface area contributed by atoms with Gasteiger partial charge in [-0.2, -0.15) is 0 Å². The standard InChI is InChI=1S/C15H24N2O2/c1-18-9-10-19-13-7-8-14(16)15(11-13)17-12-5-3-2-4-6-12/h7-8,11-12,17H,2-6,9-10,16H2,1H3. The van der Waals surface area contributed by atoms with Crippen LogP contribution in [0.15, 0.2) is 18.2 Å². The first-order valence-corrected chi connectivity index (χ1v) is 7.07. The Morgan fingerprint density at radius 3 is 2.74 bits per heavy atom. The first-order valence-electron chi connectivity index (χ1n) is 7.07. The first-order chi connectivity index (χ1) is 9.29. The summed E-state index contributed by atoms with van der Waals surface area (Å²) in [5.41, 5.74) is 7.79. The van der Waals surface area contributed by atoms with Crippen molar-refractivity contribution in [2.24, 2.45) is 0 Å². The minimum Gasteiger partial charge on any atom is -0.491 e. The fourth-order valence-corrected chi connectivity index (χ4v) is 2.46. The van der Waals surface area contributed by atoms with Crippen molar-refractivity contribution in [3.05, 3.63) is 18.2 Å². The largest absolute Gasteiger partial charge is 0.491 e. The number of nitrogens with one attached hydrogen (secondary N) is 1. The summed E-state index contributed by atoms with van der Waals surface area (Å²) in [4.78, 5) is 0. The predicted molar refractivity (Wildman–Crippen MR) is 78.7 cm³/mol. The zero-order chi connectivity index (χ0) is 13.5. The lowest BCUT2D eigenvalue weighted by molar-refractivity contribution is 0.146. The molecule has 0 saturated heterocycles. The molecule has 3 N–H and O–H groups in total. The number of benzene rings is 1. The zero-order valence-corrected chi connectivity index (χ0v) is 11.7. The molecule has 0 amide bonds. The molecule has 0 aromatic heterocycles. The predicted octanol–water partition coefficient (Wildman–Crippen LogP) is 3.04. The molecule has 1 aliphatic rings. The smallest absolute Gasteiger partial charge is 0.121 e. The van der Waals surface area contributed by atoms with Crippen LogP contribution in [0.2, 0.25) is 0 Å². The lowest BCUT2D eigenvalue weighted by Crippen LogP contribution is -2.22. The lowest BCUT2D eigenvalue weighted by atomic mass is 9.95. The van der Waals surface area contributed by atoms with Crippen molar-refractivity contribution in [3.63, 3.8) is 0 Å². The first kappa shape index (κ1) is 14.0. The number of hydrogen-bond donors (Lipinski definition) is 2. The van der Waals surface area contributed by atoms with Gasteiger partial charge in [-0.1, -0.05) is 19.3 Å². The second-order valence-corrected chi connectivity index (χ2v) is 5.07. The van der Waals surface area contributed by atoms with Crippen LogP contribution in [0, 0.1) is 0 Å². The van der Waals surface area contributed by atoms with Crippen LogP contribution >= 0.6 is 0 Å². The van der Waals surface area contributed by atoms with E-state index in [0.717, 1.165) is 17.1 Å². The van der Waals surface area contributed by atoms with Crippen LogP contribution < -0.4 is 15.8 Å². The molecule has 2 rings (SSSR count). The molecule has 106 valence electrons. The Hall–Kier alpha value is -1.42. The molecule has 0 aliphatic heterocycles. The highest BCUT2D eigenvalue weighted by Gasteiger charge is 2.14. The van der Waals surface area contributed by atoms with Crippen molar-refractivity contribution in [1.29, 1.82) is 0 Å². The van der Waals surface area contributed by atoms with Crippen molar-refractivity contribution >= 4 is 11.4 Å². The summed E-state index contributed by atoms with van der Waals surface area (Å²) in [6.45, 7) is 1.15. The Bertz CT molecular complexity index is 390. The topological polar surface area (TPSA) is 56.5 Å². The molecule has 0 bridgehead atoms. The Labute approximate surface area is 115 Å². The van der Waals surface area contributed by atoms with Gasteiger partial charge in [0.15, 0.2) is 0 Å². The van der Waals surface area contributed by atoms with Crippen LogP contribution in [-0.2, 0) is 4.74 Å². The highest BCUT2D eigenvalue weighted by molar-refractivity contribution is 5.68. The van der Waals surface area contributed by atoms with Gasteiger partial charge in [0, 0.05) is 19.2 Å². The molecule has 0 spiro atoms. The molecule has 0 atom stereocenters. The molecule has 19 heavy (non-hydrogen) atoms. The number of ether oxygens (including phenoxy) is 2. The number of anilines is 2. The fourth-order valence-electron chi connectivity index (χ4n) is 2.46. The number of nitrogens with two attached hydrogens (primary N) is 1. The van der Waals surface area contributed by atoms with Gasteiger partial charge in [0.2, 0.25) is 0 Å². The van der Waals surface area contributed by atoms with Gasteiger partial charge in [0.25, 0.3) is 0 Å². The van der Waals surface area contributed by atoms with E-state index in [9.17, 15) is 0 Å². The van der Waals surface area contributed by atoms with Gasteiger partial charge < -0.3 is 20.5 Å². The van der Waals surface area contributed by atoms with Crippen molar-refractivity contribution in [2.75, 3.05) is 31.4 Å². The SMILES string of the molecule is COCCOc1ccc(N)c(NC2CCCCC2)c1. The van der Waals surface area contributed by atoms with E-state index >= 15 is 0 Å². The number of rotatable bonds is 6. The zero-order valence-electron chi connectivity index (χ0n) is 11.7. The third-order valence-electron chi connectivity index (χ3n) is 3.55. The summed E-state index contributed by atoms with van der Waals surface area (Å²) >= 11 is 0.